The third-order valence-electron chi connectivity index (χ3n) is 3.74. The van der Waals surface area contributed by atoms with Crippen LogP contribution in [0.3, 0.4) is 0 Å². The smallest absolute Gasteiger partial charge is 0.221 e. The second-order valence-electron chi connectivity index (χ2n) is 5.00. The summed E-state index contributed by atoms with van der Waals surface area (Å²) >= 11 is 0. The molecule has 0 saturated carbocycles. The summed E-state index contributed by atoms with van der Waals surface area (Å²) in [6.45, 7) is 7.85. The van der Waals surface area contributed by atoms with E-state index in [2.05, 4.69) is 9.80 Å². The van der Waals surface area contributed by atoms with Crippen LogP contribution in [0.2, 0.25) is 0 Å². The molecule has 2 N–H and O–H groups in total. The monoisotopic (exact) mass is 241 g/mol. The van der Waals surface area contributed by atoms with Crippen LogP contribution in [-0.2, 0) is 9.53 Å². The summed E-state index contributed by atoms with van der Waals surface area (Å²) in [7, 11) is 0. The molecule has 2 heterocycles. The first-order valence-electron chi connectivity index (χ1n) is 6.57. The molecule has 0 aromatic rings. The first kappa shape index (κ1) is 12.8. The van der Waals surface area contributed by atoms with Crippen LogP contribution < -0.4 is 5.73 Å². The van der Waals surface area contributed by atoms with Crippen molar-refractivity contribution in [1.82, 2.24) is 9.80 Å². The Kier molecular flexibility index (Phi) is 4.76. The van der Waals surface area contributed by atoms with Gasteiger partial charge >= 0.3 is 0 Å². The summed E-state index contributed by atoms with van der Waals surface area (Å²) in [4.78, 5) is 16.0. The van der Waals surface area contributed by atoms with Crippen LogP contribution in [0.1, 0.15) is 12.8 Å². The lowest BCUT2D eigenvalue weighted by Crippen LogP contribution is -2.46. The van der Waals surface area contributed by atoms with Crippen molar-refractivity contribution in [2.45, 2.75) is 12.8 Å². The second kappa shape index (κ2) is 6.33. The minimum atomic E-state index is -0.138. The molecule has 17 heavy (non-hydrogen) atoms. The van der Waals surface area contributed by atoms with Crippen LogP contribution >= 0.6 is 0 Å². The van der Waals surface area contributed by atoms with E-state index < -0.39 is 0 Å². The molecular weight excluding hydrogens is 218 g/mol. The lowest BCUT2D eigenvalue weighted by atomic mass is 9.97. The molecule has 2 saturated heterocycles. The molecule has 5 nitrogen and oxygen atoms in total. The van der Waals surface area contributed by atoms with Gasteiger partial charge in [0.05, 0.1) is 19.1 Å². The zero-order valence-electron chi connectivity index (χ0n) is 10.4. The van der Waals surface area contributed by atoms with Gasteiger partial charge in [-0.1, -0.05) is 0 Å². The summed E-state index contributed by atoms with van der Waals surface area (Å²) in [6.07, 6.45) is 2.06. The molecule has 2 aliphatic heterocycles. The highest BCUT2D eigenvalue weighted by molar-refractivity contribution is 5.76. The lowest BCUT2D eigenvalue weighted by molar-refractivity contribution is -0.123. The van der Waals surface area contributed by atoms with Crippen LogP contribution in [0.15, 0.2) is 0 Å². The van der Waals surface area contributed by atoms with Crippen LogP contribution in [0.4, 0.5) is 0 Å². The molecule has 1 atom stereocenters. The molecule has 1 amide bonds. The molecule has 98 valence electrons. The summed E-state index contributed by atoms with van der Waals surface area (Å²) in [5.74, 6) is -0.0745. The van der Waals surface area contributed by atoms with E-state index in [0.29, 0.717) is 0 Å². The maximum absolute atomic E-state index is 11.2. The van der Waals surface area contributed by atoms with Crippen molar-refractivity contribution >= 4 is 5.91 Å². The number of rotatable bonds is 4. The Morgan fingerprint density at radius 3 is 2.59 bits per heavy atom. The number of hydrogen-bond donors (Lipinski definition) is 1. The Hall–Kier alpha value is -0.650. The number of piperidine rings is 1. The predicted molar refractivity (Wildman–Crippen MR) is 65.6 cm³/mol. The third-order valence-corrected chi connectivity index (χ3v) is 3.74. The molecule has 0 aromatic carbocycles. The number of primary amides is 1. The molecule has 5 heteroatoms. The Morgan fingerprint density at radius 1 is 1.18 bits per heavy atom. The number of carbonyl (C=O) groups excluding carboxylic acids is 1. The van der Waals surface area contributed by atoms with Gasteiger partial charge in [-0.05, 0) is 19.4 Å². The highest BCUT2D eigenvalue weighted by Crippen LogP contribution is 2.15. The fraction of sp³-hybridized carbons (Fsp3) is 0.917. The number of morpholine rings is 1. The number of amides is 1. The number of hydrogen-bond acceptors (Lipinski definition) is 4. The molecule has 0 aromatic heterocycles. The van der Waals surface area contributed by atoms with Gasteiger partial charge < -0.3 is 15.4 Å². The van der Waals surface area contributed by atoms with Gasteiger partial charge in [0.2, 0.25) is 5.91 Å². The highest BCUT2D eigenvalue weighted by Gasteiger charge is 2.24. The van der Waals surface area contributed by atoms with Crippen molar-refractivity contribution in [3.05, 3.63) is 0 Å². The van der Waals surface area contributed by atoms with Gasteiger partial charge in [-0.25, -0.2) is 0 Å². The normalized spacial score (nSPS) is 28.1. The van der Waals surface area contributed by atoms with E-state index >= 15 is 0 Å². The Labute approximate surface area is 103 Å². The zero-order valence-corrected chi connectivity index (χ0v) is 10.4. The Balaban J connectivity index is 1.69. The second-order valence-corrected chi connectivity index (χ2v) is 5.00. The van der Waals surface area contributed by atoms with Gasteiger partial charge in [0.15, 0.2) is 0 Å². The first-order valence-corrected chi connectivity index (χ1v) is 6.57. The van der Waals surface area contributed by atoms with Crippen LogP contribution in [-0.4, -0.2) is 68.2 Å². The fourth-order valence-electron chi connectivity index (χ4n) is 2.60. The molecule has 0 radical (unpaired) electrons. The summed E-state index contributed by atoms with van der Waals surface area (Å²) < 4.78 is 5.32. The Bertz CT molecular complexity index is 254. The van der Waals surface area contributed by atoms with E-state index in [9.17, 15) is 4.79 Å². The van der Waals surface area contributed by atoms with Crippen molar-refractivity contribution in [3.8, 4) is 0 Å². The van der Waals surface area contributed by atoms with Gasteiger partial charge in [-0.15, -0.1) is 0 Å². The number of likely N-dealkylation sites (tertiary alicyclic amines) is 1. The fourth-order valence-corrected chi connectivity index (χ4v) is 2.60. The Morgan fingerprint density at radius 2 is 1.88 bits per heavy atom. The average molecular weight is 241 g/mol. The quantitative estimate of drug-likeness (QED) is 0.722. The number of nitrogens with zero attached hydrogens (tertiary/aromatic N) is 2. The molecule has 2 aliphatic rings. The van der Waals surface area contributed by atoms with Gasteiger partial charge in [-0.3, -0.25) is 9.69 Å². The number of ether oxygens (including phenoxy) is 1. The molecule has 0 spiro atoms. The highest BCUT2D eigenvalue weighted by atomic mass is 16.5. The van der Waals surface area contributed by atoms with E-state index in [1.807, 2.05) is 0 Å². The van der Waals surface area contributed by atoms with Crippen molar-refractivity contribution in [1.29, 1.82) is 0 Å². The van der Waals surface area contributed by atoms with E-state index in [0.717, 1.165) is 65.3 Å². The van der Waals surface area contributed by atoms with Gasteiger partial charge in [0.1, 0.15) is 0 Å². The molecular formula is C12H23N3O2. The molecule has 2 rings (SSSR count). The van der Waals surface area contributed by atoms with E-state index in [1.54, 1.807) is 0 Å². The largest absolute Gasteiger partial charge is 0.379 e. The molecule has 0 aliphatic carbocycles. The van der Waals surface area contributed by atoms with Crippen molar-refractivity contribution in [3.63, 3.8) is 0 Å². The molecule has 1 unspecified atom stereocenters. The SMILES string of the molecule is NC(=O)C1CCCN(CCN2CCOCC2)C1. The van der Waals surface area contributed by atoms with E-state index in [1.165, 1.54) is 0 Å². The van der Waals surface area contributed by atoms with E-state index in [4.69, 9.17) is 10.5 Å². The number of nitrogens with two attached hydrogens (primary N) is 1. The summed E-state index contributed by atoms with van der Waals surface area (Å²) in [5, 5.41) is 0. The third kappa shape index (κ3) is 3.94. The molecule has 0 bridgehead atoms. The van der Waals surface area contributed by atoms with Gasteiger partial charge in [-0.2, -0.15) is 0 Å². The van der Waals surface area contributed by atoms with Crippen LogP contribution in [0.25, 0.3) is 0 Å². The van der Waals surface area contributed by atoms with Gasteiger partial charge in [0.25, 0.3) is 0 Å². The maximum Gasteiger partial charge on any atom is 0.221 e. The average Bonchev–Trinajstić information content (AvgIpc) is 2.38. The minimum absolute atomic E-state index is 0.0634. The number of carbonyl (C=O) groups is 1. The lowest BCUT2D eigenvalue weighted by Gasteiger charge is -2.34. The van der Waals surface area contributed by atoms with Crippen LogP contribution in [0, 0.1) is 5.92 Å². The maximum atomic E-state index is 11.2. The van der Waals surface area contributed by atoms with E-state index in [-0.39, 0.29) is 11.8 Å². The van der Waals surface area contributed by atoms with Crippen molar-refractivity contribution in [2.24, 2.45) is 11.7 Å². The van der Waals surface area contributed by atoms with Gasteiger partial charge in [0, 0.05) is 32.7 Å². The van der Waals surface area contributed by atoms with Crippen LogP contribution in [0.5, 0.6) is 0 Å². The molecule has 2 fully saturated rings. The first-order chi connectivity index (χ1) is 8.25. The standard InChI is InChI=1S/C12H23N3O2/c13-12(16)11-2-1-3-15(10-11)5-4-14-6-8-17-9-7-14/h11H,1-10H2,(H2,13,16). The summed E-state index contributed by atoms with van der Waals surface area (Å²) in [6, 6.07) is 0. The van der Waals surface area contributed by atoms with Crippen molar-refractivity contribution < 1.29 is 9.53 Å². The predicted octanol–water partition coefficient (Wildman–Crippen LogP) is -0.484. The minimum Gasteiger partial charge on any atom is -0.379 e. The summed E-state index contributed by atoms with van der Waals surface area (Å²) in [5.41, 5.74) is 5.38. The zero-order chi connectivity index (χ0) is 12.1. The van der Waals surface area contributed by atoms with Crippen molar-refractivity contribution in [2.75, 3.05) is 52.5 Å². The topological polar surface area (TPSA) is 58.8 Å².